The van der Waals surface area contributed by atoms with Gasteiger partial charge in [0.25, 0.3) is 12.0 Å². The zero-order chi connectivity index (χ0) is 10.7. The van der Waals surface area contributed by atoms with Gasteiger partial charge in [-0.2, -0.15) is 5.26 Å². The molecule has 14 heavy (non-hydrogen) atoms. The average Bonchev–Trinajstić information content (AvgIpc) is 2.11. The minimum absolute atomic E-state index is 0.0607. The summed E-state index contributed by atoms with van der Waals surface area (Å²) < 4.78 is 24.5. The Morgan fingerprint density at radius 2 is 2.29 bits per heavy atom. The van der Waals surface area contributed by atoms with Crippen molar-refractivity contribution < 1.29 is 13.9 Å². The van der Waals surface area contributed by atoms with Crippen LogP contribution in [0, 0.1) is 11.3 Å². The second-order valence-electron chi connectivity index (χ2n) is 2.56. The van der Waals surface area contributed by atoms with E-state index in [-0.39, 0.29) is 12.1 Å². The summed E-state index contributed by atoms with van der Waals surface area (Å²) in [5.74, 6) is -0.998. The third kappa shape index (κ3) is 1.88. The molecule has 2 N–H and O–H groups in total. The van der Waals surface area contributed by atoms with Crippen LogP contribution in [0.2, 0.25) is 0 Å². The standard InChI is InChI=1S/C8H6F2N2O2/c9-7(10)5-3-4(1-2-11)12-8(14)6(5)13/h3,7,13H,1H2,(H,12,14). The van der Waals surface area contributed by atoms with Crippen LogP contribution < -0.4 is 5.56 Å². The Balaban J connectivity index is 3.30. The zero-order valence-corrected chi connectivity index (χ0v) is 6.92. The Kier molecular flexibility index (Phi) is 2.82. The van der Waals surface area contributed by atoms with Gasteiger partial charge < -0.3 is 10.1 Å². The van der Waals surface area contributed by atoms with Crippen molar-refractivity contribution in [2.24, 2.45) is 0 Å². The number of halogens is 2. The third-order valence-electron chi connectivity index (χ3n) is 1.60. The number of hydrogen-bond acceptors (Lipinski definition) is 3. The number of pyridine rings is 1. The molecular formula is C8H6F2N2O2. The van der Waals surface area contributed by atoms with Crippen LogP contribution in [0.4, 0.5) is 8.78 Å². The first-order valence-corrected chi connectivity index (χ1v) is 3.66. The summed E-state index contributed by atoms with van der Waals surface area (Å²) in [6.45, 7) is 0. The Morgan fingerprint density at radius 3 is 2.79 bits per heavy atom. The summed E-state index contributed by atoms with van der Waals surface area (Å²) in [6, 6.07) is 2.61. The molecule has 1 aromatic heterocycles. The lowest BCUT2D eigenvalue weighted by atomic mass is 10.2. The van der Waals surface area contributed by atoms with Crippen molar-refractivity contribution in [1.82, 2.24) is 4.98 Å². The summed E-state index contributed by atoms with van der Waals surface area (Å²) in [5, 5.41) is 17.2. The van der Waals surface area contributed by atoms with E-state index >= 15 is 0 Å². The molecule has 0 aliphatic carbocycles. The molecule has 6 heteroatoms. The van der Waals surface area contributed by atoms with Gasteiger partial charge in [0.15, 0.2) is 5.75 Å². The number of hydrogen-bond donors (Lipinski definition) is 2. The van der Waals surface area contributed by atoms with Crippen molar-refractivity contribution in [3.8, 4) is 11.8 Å². The van der Waals surface area contributed by atoms with Gasteiger partial charge in [0.2, 0.25) is 0 Å². The van der Waals surface area contributed by atoms with Crippen molar-refractivity contribution in [3.63, 3.8) is 0 Å². The number of nitrogens with zero attached hydrogens (tertiary/aromatic N) is 1. The minimum atomic E-state index is -2.94. The molecule has 0 radical (unpaired) electrons. The molecule has 1 aromatic rings. The second kappa shape index (κ2) is 3.87. The molecule has 0 atom stereocenters. The van der Waals surface area contributed by atoms with Gasteiger partial charge in [0.1, 0.15) is 0 Å². The van der Waals surface area contributed by atoms with E-state index in [4.69, 9.17) is 10.4 Å². The fourth-order valence-electron chi connectivity index (χ4n) is 0.975. The van der Waals surface area contributed by atoms with Crippen molar-refractivity contribution in [2.45, 2.75) is 12.8 Å². The maximum atomic E-state index is 12.2. The van der Waals surface area contributed by atoms with Gasteiger partial charge in [-0.3, -0.25) is 4.79 Å². The van der Waals surface area contributed by atoms with Gasteiger partial charge in [-0.25, -0.2) is 8.78 Å². The van der Waals surface area contributed by atoms with E-state index in [0.29, 0.717) is 0 Å². The first-order valence-electron chi connectivity index (χ1n) is 3.66. The summed E-state index contributed by atoms with van der Waals surface area (Å²) in [6.07, 6.45) is -3.12. The Hall–Kier alpha value is -1.90. The van der Waals surface area contributed by atoms with Crippen LogP contribution in [0.25, 0.3) is 0 Å². The molecular weight excluding hydrogens is 194 g/mol. The molecule has 0 aliphatic heterocycles. The van der Waals surface area contributed by atoms with E-state index in [1.54, 1.807) is 6.07 Å². The van der Waals surface area contributed by atoms with Crippen LogP contribution in [0.5, 0.6) is 5.75 Å². The zero-order valence-electron chi connectivity index (χ0n) is 6.92. The maximum Gasteiger partial charge on any atom is 0.290 e. The maximum absolute atomic E-state index is 12.2. The first kappa shape index (κ1) is 10.2. The van der Waals surface area contributed by atoms with Crippen LogP contribution in [0.15, 0.2) is 10.9 Å². The van der Waals surface area contributed by atoms with Crippen LogP contribution >= 0.6 is 0 Å². The van der Waals surface area contributed by atoms with Gasteiger partial charge in [0, 0.05) is 5.69 Å². The highest BCUT2D eigenvalue weighted by Crippen LogP contribution is 2.24. The molecule has 0 bridgehead atoms. The van der Waals surface area contributed by atoms with Crippen LogP contribution in [0.1, 0.15) is 17.7 Å². The van der Waals surface area contributed by atoms with Crippen molar-refractivity contribution in [1.29, 1.82) is 5.26 Å². The third-order valence-corrected chi connectivity index (χ3v) is 1.60. The molecule has 4 nitrogen and oxygen atoms in total. The number of aromatic amines is 1. The van der Waals surface area contributed by atoms with Crippen LogP contribution in [-0.2, 0) is 6.42 Å². The number of rotatable bonds is 2. The summed E-state index contributed by atoms with van der Waals surface area (Å²) in [5.41, 5.74) is -1.70. The fourth-order valence-corrected chi connectivity index (χ4v) is 0.975. The monoisotopic (exact) mass is 200 g/mol. The highest BCUT2D eigenvalue weighted by molar-refractivity contribution is 5.32. The Bertz CT molecular complexity index is 434. The average molecular weight is 200 g/mol. The molecule has 0 fully saturated rings. The largest absolute Gasteiger partial charge is 0.503 e. The number of nitriles is 1. The molecule has 0 saturated heterocycles. The van der Waals surface area contributed by atoms with Crippen molar-refractivity contribution in [3.05, 3.63) is 27.7 Å². The van der Waals surface area contributed by atoms with Crippen LogP contribution in [0.3, 0.4) is 0 Å². The number of aromatic hydroxyl groups is 1. The van der Waals surface area contributed by atoms with Crippen molar-refractivity contribution in [2.75, 3.05) is 0 Å². The Labute approximate surface area is 77.4 Å². The second-order valence-corrected chi connectivity index (χ2v) is 2.56. The van der Waals surface area contributed by atoms with E-state index in [1.807, 2.05) is 0 Å². The molecule has 1 rings (SSSR count). The van der Waals surface area contributed by atoms with E-state index in [1.165, 1.54) is 0 Å². The highest BCUT2D eigenvalue weighted by Gasteiger charge is 2.16. The van der Waals surface area contributed by atoms with E-state index < -0.39 is 23.3 Å². The van der Waals surface area contributed by atoms with E-state index in [0.717, 1.165) is 6.07 Å². The van der Waals surface area contributed by atoms with Gasteiger partial charge in [-0.15, -0.1) is 0 Å². The number of alkyl halides is 2. The summed E-state index contributed by atoms with van der Waals surface area (Å²) >= 11 is 0. The lowest BCUT2D eigenvalue weighted by Gasteiger charge is -2.03. The molecule has 1 heterocycles. The number of H-pyrrole nitrogens is 1. The molecule has 74 valence electrons. The molecule has 0 aliphatic rings. The molecule has 0 unspecified atom stereocenters. The van der Waals surface area contributed by atoms with E-state index in [2.05, 4.69) is 4.98 Å². The van der Waals surface area contributed by atoms with E-state index in [9.17, 15) is 13.6 Å². The predicted octanol–water partition coefficient (Wildman–Crippen LogP) is 1.08. The predicted molar refractivity (Wildman–Crippen MR) is 43.0 cm³/mol. The van der Waals surface area contributed by atoms with Gasteiger partial charge in [-0.05, 0) is 6.07 Å². The normalized spacial score (nSPS) is 10.1. The summed E-state index contributed by atoms with van der Waals surface area (Å²) in [7, 11) is 0. The number of aromatic nitrogens is 1. The highest BCUT2D eigenvalue weighted by atomic mass is 19.3. The SMILES string of the molecule is N#CCc1cc(C(F)F)c(O)c(=O)[nH]1. The molecule has 0 spiro atoms. The quantitative estimate of drug-likeness (QED) is 0.749. The molecule has 0 saturated carbocycles. The smallest absolute Gasteiger partial charge is 0.290 e. The fraction of sp³-hybridized carbons (Fsp3) is 0.250. The lowest BCUT2D eigenvalue weighted by molar-refractivity contribution is 0.147. The topological polar surface area (TPSA) is 76.9 Å². The summed E-state index contributed by atoms with van der Waals surface area (Å²) in [4.78, 5) is 13.0. The Morgan fingerprint density at radius 1 is 1.64 bits per heavy atom. The first-order chi connectivity index (χ1) is 6.56. The van der Waals surface area contributed by atoms with Gasteiger partial charge in [0.05, 0.1) is 18.1 Å². The molecule has 0 amide bonds. The van der Waals surface area contributed by atoms with Crippen LogP contribution in [-0.4, -0.2) is 10.1 Å². The molecule has 0 aromatic carbocycles. The minimum Gasteiger partial charge on any atom is -0.503 e. The lowest BCUT2D eigenvalue weighted by Crippen LogP contribution is -2.11. The number of nitrogens with one attached hydrogen (secondary N) is 1. The van der Waals surface area contributed by atoms with Crippen molar-refractivity contribution >= 4 is 0 Å². The van der Waals surface area contributed by atoms with Gasteiger partial charge in [-0.1, -0.05) is 0 Å². The van der Waals surface area contributed by atoms with Gasteiger partial charge >= 0.3 is 0 Å².